The van der Waals surface area contributed by atoms with Crippen LogP contribution in [0.25, 0.3) is 0 Å². The molecule has 1 unspecified atom stereocenters. The molecule has 4 aromatic carbocycles. The molecule has 2 nitrogen and oxygen atoms in total. The second kappa shape index (κ2) is 8.65. The lowest BCUT2D eigenvalue weighted by molar-refractivity contribution is 0.633. The topological polar surface area (TPSA) is 32.6 Å². The van der Waals surface area contributed by atoms with E-state index in [1.807, 2.05) is 48.7 Å². The fraction of sp³-hybridized carbons (Fsp3) is 0.0769. The van der Waals surface area contributed by atoms with Crippen molar-refractivity contribution < 1.29 is 4.55 Å². The number of benzene rings is 4. The molecule has 152 valence electrons. The van der Waals surface area contributed by atoms with Crippen LogP contribution in [0.4, 0.5) is 0 Å². The van der Waals surface area contributed by atoms with Gasteiger partial charge < -0.3 is 4.55 Å². The second-order valence-corrected chi connectivity index (χ2v) is 13.0. The van der Waals surface area contributed by atoms with Crippen LogP contribution in [0, 0.1) is 6.92 Å². The van der Waals surface area contributed by atoms with Crippen LogP contribution in [0.15, 0.2) is 124 Å². The van der Waals surface area contributed by atoms with Crippen molar-refractivity contribution in [2.24, 2.45) is 4.15 Å². The molecule has 30 heavy (non-hydrogen) atoms. The standard InChI is InChI=1S/C26H26NOPS/c1-22-18-20-26(21-19-22)30(2,28)27-29(23-12-6-3-7-13-23,24-14-8-4-9-15-24)25-16-10-5-11-17-25/h3-21,28H,1-2H3. The summed E-state index contributed by atoms with van der Waals surface area (Å²) < 4.78 is 17.1. The summed E-state index contributed by atoms with van der Waals surface area (Å²) >= 11 is 0. The predicted molar refractivity (Wildman–Crippen MR) is 133 cm³/mol. The Morgan fingerprint density at radius 1 is 0.600 bits per heavy atom. The van der Waals surface area contributed by atoms with E-state index in [0.29, 0.717) is 0 Å². The number of aryl methyl sites for hydroxylation is 1. The molecular formula is C26H26NOPS. The Balaban J connectivity index is 2.09. The molecule has 0 amide bonds. The Labute approximate surface area is 181 Å². The van der Waals surface area contributed by atoms with Crippen molar-refractivity contribution in [1.29, 1.82) is 0 Å². The predicted octanol–water partition coefficient (Wildman–Crippen LogP) is 6.35. The maximum Gasteiger partial charge on any atom is 0.0699 e. The molecule has 4 rings (SSSR count). The van der Waals surface area contributed by atoms with E-state index >= 15 is 0 Å². The van der Waals surface area contributed by atoms with E-state index in [2.05, 4.69) is 79.7 Å². The summed E-state index contributed by atoms with van der Waals surface area (Å²) in [7, 11) is -4.84. The monoisotopic (exact) mass is 431 g/mol. The Morgan fingerprint density at radius 2 is 0.967 bits per heavy atom. The largest absolute Gasteiger partial charge is 0.328 e. The van der Waals surface area contributed by atoms with E-state index in [4.69, 9.17) is 4.15 Å². The minimum atomic E-state index is -2.44. The number of rotatable bonds is 5. The molecule has 0 heterocycles. The first-order valence-electron chi connectivity index (χ1n) is 9.90. The number of nitrogens with zero attached hydrogens (tertiary/aromatic N) is 1. The van der Waals surface area contributed by atoms with Gasteiger partial charge in [-0.15, -0.1) is 0 Å². The fourth-order valence-electron chi connectivity index (χ4n) is 3.60. The van der Waals surface area contributed by atoms with Crippen molar-refractivity contribution in [3.63, 3.8) is 0 Å². The first kappa shape index (κ1) is 20.7. The van der Waals surface area contributed by atoms with Crippen LogP contribution in [0.5, 0.6) is 0 Å². The first-order valence-corrected chi connectivity index (χ1v) is 13.6. The Kier molecular flexibility index (Phi) is 5.97. The highest BCUT2D eigenvalue weighted by Crippen LogP contribution is 2.61. The van der Waals surface area contributed by atoms with Crippen LogP contribution in [0.2, 0.25) is 0 Å². The second-order valence-electron chi connectivity index (χ2n) is 7.37. The molecule has 0 aliphatic heterocycles. The van der Waals surface area contributed by atoms with Gasteiger partial charge in [-0.25, -0.2) is 4.15 Å². The van der Waals surface area contributed by atoms with Crippen molar-refractivity contribution in [1.82, 2.24) is 0 Å². The van der Waals surface area contributed by atoms with Gasteiger partial charge in [-0.3, -0.25) is 0 Å². The Hall–Kier alpha value is -2.58. The smallest absolute Gasteiger partial charge is 0.0699 e. The summed E-state index contributed by atoms with van der Waals surface area (Å²) in [6.45, 7) is 2.06. The quantitative estimate of drug-likeness (QED) is 0.367. The average molecular weight is 432 g/mol. The van der Waals surface area contributed by atoms with Gasteiger partial charge in [-0.2, -0.15) is 0 Å². The lowest BCUT2D eigenvalue weighted by Crippen LogP contribution is -2.25. The molecule has 0 saturated heterocycles. The maximum atomic E-state index is 11.7. The van der Waals surface area contributed by atoms with E-state index in [0.717, 1.165) is 20.8 Å². The molecule has 0 fully saturated rings. The molecule has 0 saturated carbocycles. The molecule has 4 heteroatoms. The molecule has 0 radical (unpaired) electrons. The van der Waals surface area contributed by atoms with E-state index in [9.17, 15) is 4.55 Å². The van der Waals surface area contributed by atoms with E-state index < -0.39 is 17.5 Å². The summed E-state index contributed by atoms with van der Waals surface area (Å²) in [6, 6.07) is 39.4. The molecule has 0 spiro atoms. The zero-order valence-electron chi connectivity index (χ0n) is 17.2. The molecule has 0 aliphatic carbocycles. The first-order chi connectivity index (χ1) is 14.5. The van der Waals surface area contributed by atoms with Crippen LogP contribution in [0.1, 0.15) is 5.56 Å². The van der Waals surface area contributed by atoms with Gasteiger partial charge in [0, 0.05) is 27.1 Å². The third-order valence-electron chi connectivity index (χ3n) is 5.14. The third kappa shape index (κ3) is 4.02. The molecule has 0 aliphatic rings. The van der Waals surface area contributed by atoms with Crippen LogP contribution >= 0.6 is 17.5 Å². The summed E-state index contributed by atoms with van der Waals surface area (Å²) in [6.07, 6.45) is 1.88. The van der Waals surface area contributed by atoms with Crippen LogP contribution in [-0.4, -0.2) is 10.8 Å². The van der Waals surface area contributed by atoms with Gasteiger partial charge in [-0.1, -0.05) is 109 Å². The van der Waals surface area contributed by atoms with Gasteiger partial charge >= 0.3 is 0 Å². The zero-order valence-corrected chi connectivity index (χ0v) is 18.9. The molecule has 1 N–H and O–H groups in total. The van der Waals surface area contributed by atoms with Crippen molar-refractivity contribution in [2.75, 3.05) is 6.26 Å². The summed E-state index contributed by atoms with van der Waals surface area (Å²) in [5, 5.41) is 3.42. The Bertz CT molecular complexity index is 1050. The van der Waals surface area contributed by atoms with Gasteiger partial charge in [0.1, 0.15) is 0 Å². The van der Waals surface area contributed by atoms with Crippen LogP contribution in [0.3, 0.4) is 0 Å². The number of hydrogen-bond acceptors (Lipinski definition) is 2. The summed E-state index contributed by atoms with van der Waals surface area (Å²) in [5.41, 5.74) is 1.17. The zero-order chi connectivity index (χ0) is 21.0. The molecule has 0 aromatic heterocycles. The van der Waals surface area contributed by atoms with Gasteiger partial charge in [0.25, 0.3) is 0 Å². The van der Waals surface area contributed by atoms with Gasteiger partial charge in [0.2, 0.25) is 0 Å². The maximum absolute atomic E-state index is 11.7. The van der Waals surface area contributed by atoms with Crippen LogP contribution < -0.4 is 15.9 Å². The van der Waals surface area contributed by atoms with Gasteiger partial charge in [0.05, 0.1) is 7.05 Å². The molecule has 1 atom stereocenters. The summed E-state index contributed by atoms with van der Waals surface area (Å²) in [4.78, 5) is 0.875. The highest BCUT2D eigenvalue weighted by molar-refractivity contribution is 8.29. The Morgan fingerprint density at radius 3 is 1.33 bits per heavy atom. The van der Waals surface area contributed by atoms with E-state index in [-0.39, 0.29) is 0 Å². The van der Waals surface area contributed by atoms with Crippen LogP contribution in [-0.2, 0) is 0 Å². The highest BCUT2D eigenvalue weighted by atomic mass is 32.3. The molecular weight excluding hydrogens is 405 g/mol. The highest BCUT2D eigenvalue weighted by Gasteiger charge is 2.31. The fourth-order valence-corrected chi connectivity index (χ4v) is 10.4. The minimum absolute atomic E-state index is 0.875. The van der Waals surface area contributed by atoms with Crippen molar-refractivity contribution >= 4 is 33.5 Å². The number of hydrogen-bond donors (Lipinski definition) is 1. The van der Waals surface area contributed by atoms with Crippen molar-refractivity contribution in [3.05, 3.63) is 121 Å². The lowest BCUT2D eigenvalue weighted by Gasteiger charge is -2.34. The van der Waals surface area contributed by atoms with E-state index in [1.54, 1.807) is 0 Å². The lowest BCUT2D eigenvalue weighted by atomic mass is 10.2. The van der Waals surface area contributed by atoms with Crippen molar-refractivity contribution in [2.45, 2.75) is 11.8 Å². The van der Waals surface area contributed by atoms with Gasteiger partial charge in [-0.05, 0) is 29.6 Å². The molecule has 4 aromatic rings. The third-order valence-corrected chi connectivity index (χ3v) is 11.7. The normalized spacial score (nSPS) is 14.5. The summed E-state index contributed by atoms with van der Waals surface area (Å²) in [5.74, 6) is 0. The molecule has 0 bridgehead atoms. The minimum Gasteiger partial charge on any atom is -0.328 e. The SMILES string of the molecule is Cc1ccc(S(C)(O)N=P(c2ccccc2)(c2ccccc2)c2ccccc2)cc1. The van der Waals surface area contributed by atoms with E-state index in [1.165, 1.54) is 5.56 Å². The average Bonchev–Trinajstić information content (AvgIpc) is 2.79. The van der Waals surface area contributed by atoms with Gasteiger partial charge in [0.15, 0.2) is 0 Å². The van der Waals surface area contributed by atoms with Crippen molar-refractivity contribution in [3.8, 4) is 0 Å².